The van der Waals surface area contributed by atoms with Crippen molar-refractivity contribution in [3.63, 3.8) is 0 Å². The summed E-state index contributed by atoms with van der Waals surface area (Å²) >= 11 is 0. The van der Waals surface area contributed by atoms with Crippen LogP contribution < -0.4 is 9.64 Å². The lowest BCUT2D eigenvalue weighted by Gasteiger charge is -2.23. The Bertz CT molecular complexity index is 859. The van der Waals surface area contributed by atoms with Gasteiger partial charge in [-0.1, -0.05) is 32.0 Å². The van der Waals surface area contributed by atoms with Crippen molar-refractivity contribution in [2.75, 3.05) is 45.2 Å². The van der Waals surface area contributed by atoms with Crippen molar-refractivity contribution in [2.24, 2.45) is 4.99 Å². The molecular formula is C26H36N4O2. The highest BCUT2D eigenvalue weighted by molar-refractivity contribution is 5.92. The number of nitrogens with zero attached hydrogens (tertiary/aromatic N) is 4. The summed E-state index contributed by atoms with van der Waals surface area (Å²) in [5, 5.41) is 0. The maximum absolute atomic E-state index is 12.8. The van der Waals surface area contributed by atoms with Gasteiger partial charge < -0.3 is 9.64 Å². The van der Waals surface area contributed by atoms with Crippen LogP contribution in [-0.2, 0) is 0 Å². The number of amides is 2. The molecule has 2 aromatic rings. The van der Waals surface area contributed by atoms with E-state index in [1.807, 2.05) is 54.6 Å². The van der Waals surface area contributed by atoms with Crippen molar-refractivity contribution in [1.82, 2.24) is 9.80 Å². The molecular weight excluding hydrogens is 400 g/mol. The van der Waals surface area contributed by atoms with Gasteiger partial charge in [0, 0.05) is 38.1 Å². The van der Waals surface area contributed by atoms with Gasteiger partial charge >= 0.3 is 6.03 Å². The molecule has 0 unspecified atom stereocenters. The molecule has 6 nitrogen and oxygen atoms in total. The molecule has 0 N–H and O–H groups in total. The fraction of sp³-hybridized carbons (Fsp3) is 0.385. The molecule has 32 heavy (non-hydrogen) atoms. The van der Waals surface area contributed by atoms with Crippen LogP contribution in [0.1, 0.15) is 32.3 Å². The van der Waals surface area contributed by atoms with E-state index in [1.165, 1.54) is 4.90 Å². The summed E-state index contributed by atoms with van der Waals surface area (Å²) in [5.74, 6) is 0.818. The van der Waals surface area contributed by atoms with E-state index in [-0.39, 0.29) is 6.03 Å². The molecule has 172 valence electrons. The van der Waals surface area contributed by atoms with Crippen LogP contribution in [0.2, 0.25) is 0 Å². The normalized spacial score (nSPS) is 11.3. The van der Waals surface area contributed by atoms with Gasteiger partial charge in [0.1, 0.15) is 12.4 Å². The third-order valence-corrected chi connectivity index (χ3v) is 5.12. The van der Waals surface area contributed by atoms with E-state index < -0.39 is 0 Å². The summed E-state index contributed by atoms with van der Waals surface area (Å²) in [6.07, 6.45) is 3.99. The van der Waals surface area contributed by atoms with Gasteiger partial charge in [0.05, 0.1) is 5.70 Å². The standard InChI is InChI=1S/C26H36N4O2/c1-6-17-30(18-7-2)19-20-32-24-15-13-22(14-16-24)25(27-3)21-28(4)26(31)29(5)23-11-9-8-10-12-23/h8-16,21H,3,6-7,17-20H2,1-2,4-5H3/b25-21-. The van der Waals surface area contributed by atoms with Crippen LogP contribution in [-0.4, -0.2) is 62.9 Å². The number of ether oxygens (including phenoxy) is 1. The zero-order chi connectivity index (χ0) is 23.3. The average molecular weight is 437 g/mol. The van der Waals surface area contributed by atoms with E-state index in [4.69, 9.17) is 4.74 Å². The van der Waals surface area contributed by atoms with Crippen LogP contribution in [0.5, 0.6) is 5.75 Å². The van der Waals surface area contributed by atoms with E-state index >= 15 is 0 Å². The van der Waals surface area contributed by atoms with Crippen molar-refractivity contribution < 1.29 is 9.53 Å². The number of hydrogen-bond donors (Lipinski definition) is 0. The van der Waals surface area contributed by atoms with Gasteiger partial charge in [0.2, 0.25) is 0 Å². The predicted molar refractivity (Wildman–Crippen MR) is 134 cm³/mol. The Labute approximate surface area is 192 Å². The van der Waals surface area contributed by atoms with Crippen molar-refractivity contribution in [3.05, 3.63) is 66.4 Å². The number of rotatable bonds is 12. The lowest BCUT2D eigenvalue weighted by Crippen LogP contribution is -2.35. The van der Waals surface area contributed by atoms with Gasteiger partial charge in [-0.15, -0.1) is 0 Å². The molecule has 2 aromatic carbocycles. The number of para-hydroxylation sites is 1. The first kappa shape index (κ1) is 25.1. The van der Waals surface area contributed by atoms with Gasteiger partial charge in [0.25, 0.3) is 0 Å². The first-order chi connectivity index (χ1) is 15.5. The summed E-state index contributed by atoms with van der Waals surface area (Å²) in [6.45, 7) is 11.8. The molecule has 0 fully saturated rings. The van der Waals surface area contributed by atoms with Crippen molar-refractivity contribution in [3.8, 4) is 5.75 Å². The minimum Gasteiger partial charge on any atom is -0.492 e. The third-order valence-electron chi connectivity index (χ3n) is 5.12. The summed E-state index contributed by atoms with van der Waals surface area (Å²) in [4.78, 5) is 22.4. The molecule has 0 aromatic heterocycles. The lowest BCUT2D eigenvalue weighted by molar-refractivity contribution is 0.209. The summed E-state index contributed by atoms with van der Waals surface area (Å²) in [7, 11) is 3.46. The van der Waals surface area contributed by atoms with Gasteiger partial charge in [-0.05, 0) is 69.0 Å². The van der Waals surface area contributed by atoms with Crippen LogP contribution in [0.3, 0.4) is 0 Å². The molecule has 0 aliphatic heterocycles. The van der Waals surface area contributed by atoms with E-state index in [2.05, 4.69) is 30.5 Å². The molecule has 0 atom stereocenters. The van der Waals surface area contributed by atoms with Gasteiger partial charge in [-0.25, -0.2) is 4.79 Å². The first-order valence-corrected chi connectivity index (χ1v) is 11.2. The first-order valence-electron chi connectivity index (χ1n) is 11.2. The molecule has 6 heteroatoms. The molecule has 0 aliphatic carbocycles. The quantitative estimate of drug-likeness (QED) is 0.420. The summed E-state index contributed by atoms with van der Waals surface area (Å²) in [5.41, 5.74) is 2.31. The Hall–Kier alpha value is -3.12. The molecule has 2 rings (SSSR count). The maximum atomic E-state index is 12.8. The van der Waals surface area contributed by atoms with Crippen LogP contribution in [0.4, 0.5) is 10.5 Å². The number of urea groups is 1. The monoisotopic (exact) mass is 436 g/mol. The second kappa shape index (κ2) is 13.3. The van der Waals surface area contributed by atoms with Crippen LogP contribution in [0.15, 0.2) is 65.8 Å². The van der Waals surface area contributed by atoms with Gasteiger partial charge in [-0.2, -0.15) is 0 Å². The summed E-state index contributed by atoms with van der Waals surface area (Å²) in [6, 6.07) is 17.1. The number of hydrogen-bond acceptors (Lipinski definition) is 4. The summed E-state index contributed by atoms with van der Waals surface area (Å²) < 4.78 is 5.92. The number of anilines is 1. The highest BCUT2D eigenvalue weighted by atomic mass is 16.5. The van der Waals surface area contributed by atoms with Gasteiger partial charge in [0.15, 0.2) is 0 Å². The third kappa shape index (κ3) is 7.54. The Morgan fingerprint density at radius 2 is 1.59 bits per heavy atom. The topological polar surface area (TPSA) is 48.4 Å². The maximum Gasteiger partial charge on any atom is 0.328 e. The van der Waals surface area contributed by atoms with Crippen molar-refractivity contribution in [1.29, 1.82) is 0 Å². The second-order valence-electron chi connectivity index (χ2n) is 7.67. The molecule has 0 heterocycles. The lowest BCUT2D eigenvalue weighted by atomic mass is 10.1. The van der Waals surface area contributed by atoms with Crippen molar-refractivity contribution in [2.45, 2.75) is 26.7 Å². The Morgan fingerprint density at radius 3 is 2.16 bits per heavy atom. The molecule has 0 saturated heterocycles. The average Bonchev–Trinajstić information content (AvgIpc) is 2.82. The number of benzene rings is 2. The van der Waals surface area contributed by atoms with E-state index in [1.54, 1.807) is 25.2 Å². The minimum atomic E-state index is -0.166. The molecule has 0 bridgehead atoms. The van der Waals surface area contributed by atoms with E-state index in [0.29, 0.717) is 12.3 Å². The number of aliphatic imine (C=N–C) groups is 1. The van der Waals surface area contributed by atoms with Crippen LogP contribution >= 0.6 is 0 Å². The van der Waals surface area contributed by atoms with Crippen molar-refractivity contribution >= 4 is 24.1 Å². The van der Waals surface area contributed by atoms with Gasteiger partial charge in [-0.3, -0.25) is 14.8 Å². The Balaban J connectivity index is 1.99. The molecule has 2 amide bonds. The zero-order valence-electron chi connectivity index (χ0n) is 19.8. The van der Waals surface area contributed by atoms with E-state index in [9.17, 15) is 4.79 Å². The smallest absolute Gasteiger partial charge is 0.328 e. The fourth-order valence-corrected chi connectivity index (χ4v) is 3.43. The Kier molecular flexibility index (Phi) is 10.5. The predicted octanol–water partition coefficient (Wildman–Crippen LogP) is 5.37. The zero-order valence-corrected chi connectivity index (χ0v) is 19.8. The highest BCUT2D eigenvalue weighted by Crippen LogP contribution is 2.21. The number of carbonyl (C=O) groups excluding carboxylic acids is 1. The fourth-order valence-electron chi connectivity index (χ4n) is 3.43. The molecule has 0 radical (unpaired) electrons. The highest BCUT2D eigenvalue weighted by Gasteiger charge is 2.15. The molecule has 0 saturated carbocycles. The molecule has 0 aliphatic rings. The largest absolute Gasteiger partial charge is 0.492 e. The van der Waals surface area contributed by atoms with Crippen LogP contribution in [0, 0.1) is 0 Å². The minimum absolute atomic E-state index is 0.166. The van der Waals surface area contributed by atoms with E-state index in [0.717, 1.165) is 49.5 Å². The molecule has 0 spiro atoms. The number of carbonyl (C=O) groups is 1. The second-order valence-corrected chi connectivity index (χ2v) is 7.67. The SMILES string of the molecule is C=N/C(=C\N(C)C(=O)N(C)c1ccccc1)c1ccc(OCCN(CCC)CCC)cc1. The Morgan fingerprint density at radius 1 is 0.969 bits per heavy atom. The van der Waals surface area contributed by atoms with Crippen LogP contribution in [0.25, 0.3) is 5.70 Å².